The minimum atomic E-state index is -3.29. The van der Waals surface area contributed by atoms with E-state index in [4.69, 9.17) is 9.26 Å². The van der Waals surface area contributed by atoms with Gasteiger partial charge in [0, 0.05) is 18.8 Å². The van der Waals surface area contributed by atoms with Crippen molar-refractivity contribution >= 4 is 13.4 Å². The number of hydrazine groups is 1. The number of morpholine rings is 1. The van der Waals surface area contributed by atoms with Crippen molar-refractivity contribution in [3.8, 4) is 5.75 Å². The molecule has 0 amide bonds. The first kappa shape index (κ1) is 16.0. The molecule has 0 spiro atoms. The molecule has 122 valence electrons. The average Bonchev–Trinajstić information content (AvgIpc) is 2.63. The zero-order chi connectivity index (χ0) is 16.0. The van der Waals surface area contributed by atoms with Crippen molar-refractivity contribution in [1.82, 2.24) is 9.87 Å². The molecule has 3 rings (SSSR count). The second-order valence-corrected chi connectivity index (χ2v) is 7.11. The Hall–Kier alpha value is -1.85. The lowest BCUT2D eigenvalue weighted by Gasteiger charge is -2.33. The number of hydrogen-bond acceptors (Lipinski definition) is 4. The van der Waals surface area contributed by atoms with Crippen LogP contribution < -0.4 is 15.1 Å². The Morgan fingerprint density at radius 2 is 1.57 bits per heavy atom. The average molecular weight is 333 g/mol. The standard InChI is InChI=1S/C16H20N3O3P/c20-23(19-11-13-21-14-12-19,22-16-9-5-2-6-10-16)18-17-15-7-3-1-4-8-15/h1-10,17H,11-14H2,(H,18,20). The van der Waals surface area contributed by atoms with Crippen LogP contribution >= 0.6 is 7.67 Å². The number of rotatable bonds is 6. The maximum absolute atomic E-state index is 13.4. The van der Waals surface area contributed by atoms with Gasteiger partial charge in [0.2, 0.25) is 0 Å². The van der Waals surface area contributed by atoms with Crippen molar-refractivity contribution in [3.63, 3.8) is 0 Å². The fourth-order valence-corrected chi connectivity index (χ4v) is 3.92. The summed E-state index contributed by atoms with van der Waals surface area (Å²) < 4.78 is 26.3. The van der Waals surface area contributed by atoms with Gasteiger partial charge < -0.3 is 14.7 Å². The fourth-order valence-electron chi connectivity index (χ4n) is 2.25. The van der Waals surface area contributed by atoms with E-state index < -0.39 is 7.67 Å². The molecule has 23 heavy (non-hydrogen) atoms. The number of ether oxygens (including phenoxy) is 1. The second-order valence-electron chi connectivity index (χ2n) is 5.09. The molecule has 7 heteroatoms. The Kier molecular flexibility index (Phi) is 5.31. The number of hydrogen-bond donors (Lipinski definition) is 2. The molecule has 1 atom stereocenters. The van der Waals surface area contributed by atoms with Crippen LogP contribution in [0.3, 0.4) is 0 Å². The normalized spacial score (nSPS) is 18.1. The van der Waals surface area contributed by atoms with Crippen molar-refractivity contribution in [2.24, 2.45) is 0 Å². The van der Waals surface area contributed by atoms with Gasteiger partial charge in [-0.1, -0.05) is 36.4 Å². The van der Waals surface area contributed by atoms with Gasteiger partial charge in [0.15, 0.2) is 0 Å². The number of nitrogens with one attached hydrogen (secondary N) is 2. The van der Waals surface area contributed by atoms with Crippen molar-refractivity contribution < 1.29 is 13.8 Å². The third-order valence-electron chi connectivity index (χ3n) is 3.45. The molecule has 1 fully saturated rings. The molecule has 0 aromatic heterocycles. The number of para-hydroxylation sites is 2. The molecule has 0 bridgehead atoms. The molecule has 2 aromatic rings. The van der Waals surface area contributed by atoms with Crippen molar-refractivity contribution in [3.05, 3.63) is 60.7 Å². The molecule has 0 saturated carbocycles. The minimum absolute atomic E-state index is 0.537. The molecule has 0 aliphatic carbocycles. The Morgan fingerprint density at radius 3 is 2.22 bits per heavy atom. The van der Waals surface area contributed by atoms with Crippen LogP contribution in [0, 0.1) is 0 Å². The first-order valence-electron chi connectivity index (χ1n) is 7.52. The maximum atomic E-state index is 13.4. The lowest BCUT2D eigenvalue weighted by Crippen LogP contribution is -2.40. The highest BCUT2D eigenvalue weighted by Gasteiger charge is 2.34. The predicted octanol–water partition coefficient (Wildman–Crippen LogP) is 3.12. The van der Waals surface area contributed by atoms with Gasteiger partial charge in [-0.15, -0.1) is 5.20 Å². The molecule has 0 radical (unpaired) electrons. The lowest BCUT2D eigenvalue weighted by atomic mass is 10.3. The van der Waals surface area contributed by atoms with Gasteiger partial charge in [-0.25, -0.2) is 9.24 Å². The van der Waals surface area contributed by atoms with Gasteiger partial charge in [-0.3, -0.25) is 0 Å². The van der Waals surface area contributed by atoms with Crippen molar-refractivity contribution in [2.75, 3.05) is 31.7 Å². The summed E-state index contributed by atoms with van der Waals surface area (Å²) in [6.07, 6.45) is 0. The van der Waals surface area contributed by atoms with Crippen LogP contribution in [-0.4, -0.2) is 31.0 Å². The predicted molar refractivity (Wildman–Crippen MR) is 90.3 cm³/mol. The molecule has 1 saturated heterocycles. The van der Waals surface area contributed by atoms with Crippen molar-refractivity contribution in [2.45, 2.75) is 0 Å². The lowest BCUT2D eigenvalue weighted by molar-refractivity contribution is 0.0675. The Morgan fingerprint density at radius 1 is 0.957 bits per heavy atom. The van der Waals surface area contributed by atoms with E-state index in [-0.39, 0.29) is 0 Å². The SMILES string of the molecule is O=P(NNc1ccccc1)(Oc1ccccc1)N1CCOCC1. The van der Waals surface area contributed by atoms with Crippen LogP contribution in [0.25, 0.3) is 0 Å². The highest BCUT2D eigenvalue weighted by molar-refractivity contribution is 7.54. The summed E-state index contributed by atoms with van der Waals surface area (Å²) in [5.41, 5.74) is 3.80. The summed E-state index contributed by atoms with van der Waals surface area (Å²) in [6.45, 7) is 2.17. The highest BCUT2D eigenvalue weighted by Crippen LogP contribution is 2.46. The summed E-state index contributed by atoms with van der Waals surface area (Å²) in [7, 11) is -3.29. The van der Waals surface area contributed by atoms with Gasteiger partial charge in [-0.2, -0.15) is 0 Å². The van der Waals surface area contributed by atoms with E-state index in [0.29, 0.717) is 32.1 Å². The zero-order valence-corrected chi connectivity index (χ0v) is 13.6. The molecule has 2 N–H and O–H groups in total. The monoisotopic (exact) mass is 333 g/mol. The summed E-state index contributed by atoms with van der Waals surface area (Å²) in [5.74, 6) is 0.560. The smallest absolute Gasteiger partial charge is 0.410 e. The van der Waals surface area contributed by atoms with E-state index in [1.54, 1.807) is 16.8 Å². The molecule has 1 aliphatic heterocycles. The quantitative estimate of drug-likeness (QED) is 0.626. The Bertz CT molecular complexity index is 648. The molecule has 1 heterocycles. The third-order valence-corrected chi connectivity index (χ3v) is 5.44. The summed E-state index contributed by atoms with van der Waals surface area (Å²) in [4.78, 5) is 0. The second kappa shape index (κ2) is 7.62. The van der Waals surface area contributed by atoms with Crippen LogP contribution in [-0.2, 0) is 9.30 Å². The summed E-state index contributed by atoms with van der Waals surface area (Å²) in [5, 5.41) is 2.88. The molecule has 1 aliphatic rings. The Balaban J connectivity index is 1.76. The molecule has 2 aromatic carbocycles. The third kappa shape index (κ3) is 4.33. The van der Waals surface area contributed by atoms with Gasteiger partial charge in [0.1, 0.15) is 5.75 Å². The number of benzene rings is 2. The molecular weight excluding hydrogens is 313 g/mol. The summed E-state index contributed by atoms with van der Waals surface area (Å²) >= 11 is 0. The van der Waals surface area contributed by atoms with Gasteiger partial charge in [-0.05, 0) is 24.3 Å². The summed E-state index contributed by atoms with van der Waals surface area (Å²) in [6, 6.07) is 18.7. The molecule has 1 unspecified atom stereocenters. The van der Waals surface area contributed by atoms with Gasteiger partial charge in [0.25, 0.3) is 0 Å². The van der Waals surface area contributed by atoms with Crippen LogP contribution in [0.4, 0.5) is 5.69 Å². The number of nitrogens with zero attached hydrogens (tertiary/aromatic N) is 1. The fraction of sp³-hybridized carbons (Fsp3) is 0.250. The molecular formula is C16H20N3O3P. The van der Waals surface area contributed by atoms with Crippen molar-refractivity contribution in [1.29, 1.82) is 0 Å². The molecule has 6 nitrogen and oxygen atoms in total. The first-order chi connectivity index (χ1) is 11.3. The Labute approximate surface area is 135 Å². The van der Waals surface area contributed by atoms with Crippen LogP contribution in [0.2, 0.25) is 0 Å². The first-order valence-corrected chi connectivity index (χ1v) is 9.10. The topological polar surface area (TPSA) is 62.8 Å². The van der Waals surface area contributed by atoms with E-state index in [2.05, 4.69) is 10.6 Å². The van der Waals surface area contributed by atoms with E-state index >= 15 is 0 Å². The van der Waals surface area contributed by atoms with E-state index in [9.17, 15) is 4.57 Å². The maximum Gasteiger partial charge on any atom is 0.410 e. The van der Waals surface area contributed by atoms with Crippen LogP contribution in [0.15, 0.2) is 60.7 Å². The van der Waals surface area contributed by atoms with E-state index in [0.717, 1.165) is 5.69 Å². The zero-order valence-electron chi connectivity index (χ0n) is 12.7. The van der Waals surface area contributed by atoms with E-state index in [1.165, 1.54) is 0 Å². The highest BCUT2D eigenvalue weighted by atomic mass is 31.2. The minimum Gasteiger partial charge on any atom is -0.421 e. The van der Waals surface area contributed by atoms with Crippen LogP contribution in [0.5, 0.6) is 5.75 Å². The van der Waals surface area contributed by atoms with Gasteiger partial charge in [0.05, 0.1) is 13.2 Å². The van der Waals surface area contributed by atoms with Gasteiger partial charge >= 0.3 is 7.67 Å². The van der Waals surface area contributed by atoms with Crippen LogP contribution in [0.1, 0.15) is 0 Å². The van der Waals surface area contributed by atoms with E-state index in [1.807, 2.05) is 48.5 Å². The largest absolute Gasteiger partial charge is 0.421 e. The number of anilines is 1.